The van der Waals surface area contributed by atoms with E-state index in [9.17, 15) is 9.18 Å². The number of rotatable bonds is 5. The fourth-order valence-electron chi connectivity index (χ4n) is 3.55. The van der Waals surface area contributed by atoms with Crippen molar-refractivity contribution >= 4 is 5.91 Å². The van der Waals surface area contributed by atoms with Gasteiger partial charge in [-0.15, -0.1) is 0 Å². The van der Waals surface area contributed by atoms with E-state index in [4.69, 9.17) is 5.26 Å². The normalized spacial score (nSPS) is 14.8. The van der Waals surface area contributed by atoms with Crippen molar-refractivity contribution in [1.29, 1.82) is 5.26 Å². The highest BCUT2D eigenvalue weighted by Gasteiger charge is 2.22. The number of hydrogen-bond donors (Lipinski definition) is 0. The molecule has 3 nitrogen and oxygen atoms in total. The zero-order chi connectivity index (χ0) is 18.4. The van der Waals surface area contributed by atoms with Gasteiger partial charge in [-0.2, -0.15) is 5.26 Å². The van der Waals surface area contributed by atoms with E-state index in [-0.39, 0.29) is 5.91 Å². The van der Waals surface area contributed by atoms with Crippen LogP contribution in [0.2, 0.25) is 0 Å². The molecule has 1 amide bonds. The molecular weight excluding hydrogens is 327 g/mol. The Kier molecular flexibility index (Phi) is 6.01. The van der Waals surface area contributed by atoms with Crippen molar-refractivity contribution in [3.63, 3.8) is 0 Å². The number of benzene rings is 2. The summed E-state index contributed by atoms with van der Waals surface area (Å²) in [6.45, 7) is 1.57. The number of likely N-dealkylation sites (tertiary alicyclic amines) is 1. The SMILES string of the molecule is N#Cc1ccc(CCC(=O)N2CCC(Cc3ccccc3)CC2)c(F)c1. The largest absolute Gasteiger partial charge is 0.343 e. The lowest BCUT2D eigenvalue weighted by Crippen LogP contribution is -2.39. The number of carbonyl (C=O) groups is 1. The number of piperidine rings is 1. The maximum atomic E-state index is 13.9. The highest BCUT2D eigenvalue weighted by molar-refractivity contribution is 5.76. The van der Waals surface area contributed by atoms with E-state index in [1.54, 1.807) is 12.1 Å². The quantitative estimate of drug-likeness (QED) is 0.814. The van der Waals surface area contributed by atoms with Gasteiger partial charge in [0.15, 0.2) is 0 Å². The van der Waals surface area contributed by atoms with Crippen molar-refractivity contribution in [3.05, 3.63) is 71.0 Å². The van der Waals surface area contributed by atoms with Crippen LogP contribution in [0.5, 0.6) is 0 Å². The maximum absolute atomic E-state index is 13.9. The Bertz CT molecular complexity index is 790. The fraction of sp³-hybridized carbons (Fsp3) is 0.364. The maximum Gasteiger partial charge on any atom is 0.222 e. The molecule has 0 N–H and O–H groups in total. The molecule has 0 aliphatic carbocycles. The Hall–Kier alpha value is -2.67. The van der Waals surface area contributed by atoms with Crippen molar-refractivity contribution in [2.45, 2.75) is 32.1 Å². The molecule has 0 bridgehead atoms. The Balaban J connectivity index is 1.46. The van der Waals surface area contributed by atoms with Gasteiger partial charge in [-0.25, -0.2) is 4.39 Å². The van der Waals surface area contributed by atoms with Gasteiger partial charge in [-0.3, -0.25) is 4.79 Å². The number of amides is 1. The van der Waals surface area contributed by atoms with E-state index in [0.717, 1.165) is 32.4 Å². The lowest BCUT2D eigenvalue weighted by atomic mass is 9.90. The van der Waals surface area contributed by atoms with Crippen LogP contribution >= 0.6 is 0 Å². The molecular formula is C22H23FN2O. The Labute approximate surface area is 154 Å². The summed E-state index contributed by atoms with van der Waals surface area (Å²) in [5, 5.41) is 8.78. The highest BCUT2D eigenvalue weighted by atomic mass is 19.1. The summed E-state index contributed by atoms with van der Waals surface area (Å²) >= 11 is 0. The minimum Gasteiger partial charge on any atom is -0.343 e. The molecule has 1 aliphatic rings. The molecule has 0 saturated carbocycles. The summed E-state index contributed by atoms with van der Waals surface area (Å²) in [4.78, 5) is 14.3. The molecule has 1 saturated heterocycles. The zero-order valence-corrected chi connectivity index (χ0v) is 14.8. The van der Waals surface area contributed by atoms with Gasteiger partial charge in [0, 0.05) is 19.5 Å². The summed E-state index contributed by atoms with van der Waals surface area (Å²) in [6, 6.07) is 16.8. The second-order valence-electron chi connectivity index (χ2n) is 6.93. The molecule has 26 heavy (non-hydrogen) atoms. The molecule has 1 fully saturated rings. The number of halogens is 1. The van der Waals surface area contributed by atoms with Crippen LogP contribution < -0.4 is 0 Å². The molecule has 4 heteroatoms. The summed E-state index contributed by atoms with van der Waals surface area (Å²) in [7, 11) is 0. The minimum absolute atomic E-state index is 0.0897. The van der Waals surface area contributed by atoms with Crippen LogP contribution in [0.3, 0.4) is 0 Å². The zero-order valence-electron chi connectivity index (χ0n) is 14.8. The van der Waals surface area contributed by atoms with E-state index >= 15 is 0 Å². The first-order chi connectivity index (χ1) is 12.7. The van der Waals surface area contributed by atoms with Crippen molar-refractivity contribution in [3.8, 4) is 6.07 Å². The molecule has 1 aliphatic heterocycles. The minimum atomic E-state index is -0.404. The van der Waals surface area contributed by atoms with Crippen molar-refractivity contribution in [1.82, 2.24) is 4.90 Å². The van der Waals surface area contributed by atoms with Crippen LogP contribution in [0.1, 0.15) is 36.0 Å². The van der Waals surface area contributed by atoms with Crippen molar-refractivity contribution < 1.29 is 9.18 Å². The predicted molar refractivity (Wildman–Crippen MR) is 98.9 cm³/mol. The lowest BCUT2D eigenvalue weighted by molar-refractivity contribution is -0.132. The van der Waals surface area contributed by atoms with Gasteiger partial charge in [0.1, 0.15) is 5.82 Å². The van der Waals surface area contributed by atoms with Gasteiger partial charge in [0.25, 0.3) is 0 Å². The van der Waals surface area contributed by atoms with Gasteiger partial charge < -0.3 is 4.90 Å². The monoisotopic (exact) mass is 350 g/mol. The Morgan fingerprint density at radius 1 is 1.15 bits per heavy atom. The molecule has 0 atom stereocenters. The average molecular weight is 350 g/mol. The molecule has 1 heterocycles. The molecule has 134 valence electrons. The first kappa shape index (κ1) is 18.1. The second kappa shape index (κ2) is 8.62. The van der Waals surface area contributed by atoms with Crippen LogP contribution in [-0.4, -0.2) is 23.9 Å². The number of hydrogen-bond acceptors (Lipinski definition) is 2. The highest BCUT2D eigenvalue weighted by Crippen LogP contribution is 2.22. The molecule has 0 unspecified atom stereocenters. The number of nitrogens with zero attached hydrogens (tertiary/aromatic N) is 2. The van der Waals surface area contributed by atoms with E-state index in [2.05, 4.69) is 24.3 Å². The number of nitriles is 1. The predicted octanol–water partition coefficient (Wildman–Crippen LogP) is 4.11. The summed E-state index contributed by atoms with van der Waals surface area (Å²) in [5.41, 5.74) is 2.16. The van der Waals surface area contributed by atoms with Crippen LogP contribution in [-0.2, 0) is 17.6 Å². The number of aryl methyl sites for hydroxylation is 1. The lowest BCUT2D eigenvalue weighted by Gasteiger charge is -2.32. The van der Waals surface area contributed by atoms with Gasteiger partial charge in [-0.1, -0.05) is 36.4 Å². The third-order valence-corrected chi connectivity index (χ3v) is 5.12. The average Bonchev–Trinajstić information content (AvgIpc) is 2.68. The summed E-state index contributed by atoms with van der Waals surface area (Å²) in [5.74, 6) is 0.308. The van der Waals surface area contributed by atoms with Crippen LogP contribution in [0.25, 0.3) is 0 Å². The Morgan fingerprint density at radius 2 is 1.88 bits per heavy atom. The van der Waals surface area contributed by atoms with Crippen LogP contribution in [0, 0.1) is 23.1 Å². The third-order valence-electron chi connectivity index (χ3n) is 5.12. The van der Waals surface area contributed by atoms with E-state index < -0.39 is 5.82 Å². The number of carbonyl (C=O) groups excluding carboxylic acids is 1. The molecule has 2 aromatic rings. The first-order valence-electron chi connectivity index (χ1n) is 9.16. The fourth-order valence-corrected chi connectivity index (χ4v) is 3.55. The van der Waals surface area contributed by atoms with Crippen LogP contribution in [0.4, 0.5) is 4.39 Å². The Morgan fingerprint density at radius 3 is 2.54 bits per heavy atom. The van der Waals surface area contributed by atoms with E-state index in [0.29, 0.717) is 29.9 Å². The van der Waals surface area contributed by atoms with Gasteiger partial charge in [-0.05, 0) is 54.9 Å². The topological polar surface area (TPSA) is 44.1 Å². The first-order valence-corrected chi connectivity index (χ1v) is 9.16. The van der Waals surface area contributed by atoms with Gasteiger partial charge in [0.2, 0.25) is 5.91 Å². The van der Waals surface area contributed by atoms with Crippen molar-refractivity contribution in [2.75, 3.05) is 13.1 Å². The molecule has 3 rings (SSSR count). The van der Waals surface area contributed by atoms with Crippen molar-refractivity contribution in [2.24, 2.45) is 5.92 Å². The van der Waals surface area contributed by atoms with Gasteiger partial charge >= 0.3 is 0 Å². The summed E-state index contributed by atoms with van der Waals surface area (Å²) < 4.78 is 13.9. The molecule has 0 aromatic heterocycles. The van der Waals surface area contributed by atoms with E-state index in [1.165, 1.54) is 11.6 Å². The smallest absolute Gasteiger partial charge is 0.222 e. The molecule has 2 aromatic carbocycles. The summed E-state index contributed by atoms with van der Waals surface area (Å²) in [6.07, 6.45) is 3.80. The second-order valence-corrected chi connectivity index (χ2v) is 6.93. The van der Waals surface area contributed by atoms with E-state index in [1.807, 2.05) is 17.0 Å². The van der Waals surface area contributed by atoms with Crippen LogP contribution in [0.15, 0.2) is 48.5 Å². The molecule has 0 radical (unpaired) electrons. The van der Waals surface area contributed by atoms with Gasteiger partial charge in [0.05, 0.1) is 11.6 Å². The third kappa shape index (κ3) is 4.70. The molecule has 0 spiro atoms. The standard InChI is InChI=1S/C22H23FN2O/c23-21-15-19(16-24)6-7-20(21)8-9-22(26)25-12-10-18(11-13-25)14-17-4-2-1-3-5-17/h1-7,15,18H,8-14H2.